The van der Waals surface area contributed by atoms with Gasteiger partial charge in [0, 0.05) is 17.3 Å². The molecule has 5 nitrogen and oxygen atoms in total. The van der Waals surface area contributed by atoms with E-state index in [4.69, 9.17) is 17.0 Å². The first-order chi connectivity index (χ1) is 12.2. The molecule has 0 saturated heterocycles. The van der Waals surface area contributed by atoms with Crippen molar-refractivity contribution < 1.29 is 4.74 Å². The molecule has 0 amide bonds. The zero-order valence-electron chi connectivity index (χ0n) is 14.0. The van der Waals surface area contributed by atoms with Gasteiger partial charge in [0.15, 0.2) is 5.82 Å². The van der Waals surface area contributed by atoms with Gasteiger partial charge in [0.25, 0.3) is 0 Å². The standard InChI is InChI=1S/C19H18N4OS/c1-14-9-11-16(12-10-14)18-21-22-19(25)23(18)20-13-5-7-15-6-3-4-8-17(15)24-2/h3-13H,1-2H3,(H,22,25)/b7-5+,20-13+. The normalized spacial score (nSPS) is 11.4. The number of benzene rings is 2. The van der Waals surface area contributed by atoms with Crippen molar-refractivity contribution in [1.82, 2.24) is 14.9 Å². The van der Waals surface area contributed by atoms with Crippen LogP contribution in [0.3, 0.4) is 0 Å². The number of aromatic amines is 1. The maximum Gasteiger partial charge on any atom is 0.216 e. The average Bonchev–Trinajstić information content (AvgIpc) is 3.00. The van der Waals surface area contributed by atoms with Crippen LogP contribution in [-0.2, 0) is 0 Å². The first-order valence-corrected chi connectivity index (χ1v) is 8.18. The molecule has 2 aromatic carbocycles. The maximum atomic E-state index is 5.32. The summed E-state index contributed by atoms with van der Waals surface area (Å²) in [5.74, 6) is 1.49. The second-order valence-electron chi connectivity index (χ2n) is 5.40. The molecular formula is C19H18N4OS. The number of allylic oxidation sites excluding steroid dienone is 1. The van der Waals surface area contributed by atoms with Gasteiger partial charge in [0.1, 0.15) is 5.75 Å². The molecule has 0 spiro atoms. The van der Waals surface area contributed by atoms with Crippen molar-refractivity contribution in [3.63, 3.8) is 0 Å². The topological polar surface area (TPSA) is 55.2 Å². The second kappa shape index (κ2) is 7.72. The summed E-state index contributed by atoms with van der Waals surface area (Å²) in [6, 6.07) is 15.8. The number of hydrogen-bond donors (Lipinski definition) is 1. The number of H-pyrrole nitrogens is 1. The third kappa shape index (κ3) is 3.92. The van der Waals surface area contributed by atoms with Crippen LogP contribution in [0.4, 0.5) is 0 Å². The van der Waals surface area contributed by atoms with E-state index in [1.165, 1.54) is 5.56 Å². The third-order valence-corrected chi connectivity index (χ3v) is 3.91. The largest absolute Gasteiger partial charge is 0.496 e. The molecule has 1 N–H and O–H groups in total. The molecule has 0 saturated carbocycles. The fraction of sp³-hybridized carbons (Fsp3) is 0.105. The van der Waals surface area contributed by atoms with Gasteiger partial charge in [-0.15, -0.1) is 0 Å². The van der Waals surface area contributed by atoms with E-state index in [2.05, 4.69) is 15.3 Å². The fourth-order valence-electron chi connectivity index (χ4n) is 2.34. The predicted octanol–water partition coefficient (Wildman–Crippen LogP) is 4.47. The summed E-state index contributed by atoms with van der Waals surface area (Å²) < 4.78 is 7.37. The Morgan fingerprint density at radius 1 is 1.16 bits per heavy atom. The van der Waals surface area contributed by atoms with Crippen LogP contribution in [0.25, 0.3) is 17.5 Å². The minimum Gasteiger partial charge on any atom is -0.496 e. The van der Waals surface area contributed by atoms with E-state index in [0.717, 1.165) is 16.9 Å². The third-order valence-electron chi connectivity index (χ3n) is 3.64. The van der Waals surface area contributed by atoms with Crippen molar-refractivity contribution in [2.45, 2.75) is 6.92 Å². The number of para-hydroxylation sites is 1. The van der Waals surface area contributed by atoms with Gasteiger partial charge in [-0.3, -0.25) is 0 Å². The van der Waals surface area contributed by atoms with E-state index in [1.807, 2.05) is 67.6 Å². The summed E-state index contributed by atoms with van der Waals surface area (Å²) in [5, 5.41) is 11.5. The number of hydrogen-bond acceptors (Lipinski definition) is 4. The lowest BCUT2D eigenvalue weighted by Crippen LogP contribution is -1.93. The summed E-state index contributed by atoms with van der Waals surface area (Å²) in [4.78, 5) is 0. The quantitative estimate of drug-likeness (QED) is 0.545. The molecule has 0 atom stereocenters. The number of methoxy groups -OCH3 is 1. The first-order valence-electron chi connectivity index (χ1n) is 7.77. The summed E-state index contributed by atoms with van der Waals surface area (Å²) in [7, 11) is 1.65. The molecule has 0 fully saturated rings. The van der Waals surface area contributed by atoms with E-state index in [-0.39, 0.29) is 0 Å². The molecule has 0 radical (unpaired) electrons. The van der Waals surface area contributed by atoms with Crippen molar-refractivity contribution in [2.75, 3.05) is 7.11 Å². The predicted molar refractivity (Wildman–Crippen MR) is 104 cm³/mol. The number of aryl methyl sites for hydroxylation is 1. The number of nitrogens with one attached hydrogen (secondary N) is 1. The van der Waals surface area contributed by atoms with Crippen LogP contribution in [0.5, 0.6) is 5.75 Å². The van der Waals surface area contributed by atoms with Gasteiger partial charge in [-0.05, 0) is 37.4 Å². The van der Waals surface area contributed by atoms with E-state index in [0.29, 0.717) is 10.6 Å². The molecule has 0 aliphatic rings. The molecule has 0 unspecified atom stereocenters. The summed E-state index contributed by atoms with van der Waals surface area (Å²) in [6.45, 7) is 2.04. The van der Waals surface area contributed by atoms with Crippen molar-refractivity contribution >= 4 is 24.5 Å². The highest BCUT2D eigenvalue weighted by atomic mass is 32.1. The van der Waals surface area contributed by atoms with Gasteiger partial charge in [-0.2, -0.15) is 14.9 Å². The zero-order valence-corrected chi connectivity index (χ0v) is 14.8. The molecule has 25 heavy (non-hydrogen) atoms. The maximum absolute atomic E-state index is 5.32. The Morgan fingerprint density at radius 2 is 1.92 bits per heavy atom. The minimum atomic E-state index is 0.442. The molecule has 0 aliphatic heterocycles. The zero-order chi connectivity index (χ0) is 17.6. The monoisotopic (exact) mass is 350 g/mol. The van der Waals surface area contributed by atoms with Crippen LogP contribution in [0.2, 0.25) is 0 Å². The van der Waals surface area contributed by atoms with Crippen molar-refractivity contribution in [3.05, 3.63) is 70.5 Å². The van der Waals surface area contributed by atoms with Crippen molar-refractivity contribution in [1.29, 1.82) is 0 Å². The molecule has 3 rings (SSSR count). The lowest BCUT2D eigenvalue weighted by atomic mass is 10.1. The fourth-order valence-corrected chi connectivity index (χ4v) is 2.52. The van der Waals surface area contributed by atoms with Crippen LogP contribution in [-0.4, -0.2) is 28.2 Å². The Morgan fingerprint density at radius 3 is 2.68 bits per heavy atom. The van der Waals surface area contributed by atoms with Crippen LogP contribution in [0.1, 0.15) is 11.1 Å². The van der Waals surface area contributed by atoms with Gasteiger partial charge in [0.05, 0.1) is 7.11 Å². The molecule has 126 valence electrons. The van der Waals surface area contributed by atoms with Gasteiger partial charge in [0.2, 0.25) is 4.77 Å². The van der Waals surface area contributed by atoms with Crippen LogP contribution < -0.4 is 4.74 Å². The Kier molecular flexibility index (Phi) is 5.20. The second-order valence-corrected chi connectivity index (χ2v) is 5.78. The number of nitrogens with zero attached hydrogens (tertiary/aromatic N) is 3. The Labute approximate surface area is 151 Å². The highest BCUT2D eigenvalue weighted by Gasteiger charge is 2.07. The van der Waals surface area contributed by atoms with Crippen LogP contribution >= 0.6 is 12.2 Å². The van der Waals surface area contributed by atoms with E-state index >= 15 is 0 Å². The molecule has 1 heterocycles. The highest BCUT2D eigenvalue weighted by molar-refractivity contribution is 7.71. The Balaban J connectivity index is 1.85. The van der Waals surface area contributed by atoms with Gasteiger partial charge in [-0.25, -0.2) is 5.10 Å². The van der Waals surface area contributed by atoms with Gasteiger partial charge < -0.3 is 4.74 Å². The Bertz CT molecular complexity index is 968. The molecule has 6 heteroatoms. The molecular weight excluding hydrogens is 332 g/mol. The molecule has 0 bridgehead atoms. The first kappa shape index (κ1) is 16.9. The van der Waals surface area contributed by atoms with Gasteiger partial charge in [-0.1, -0.05) is 48.0 Å². The van der Waals surface area contributed by atoms with E-state index < -0.39 is 0 Å². The number of aromatic nitrogens is 3. The summed E-state index contributed by atoms with van der Waals surface area (Å²) in [5.41, 5.74) is 3.11. The Hall–Kier alpha value is -2.99. The SMILES string of the molecule is COc1ccccc1/C=C/C=N/n1c(-c2ccc(C)cc2)n[nH]c1=S. The minimum absolute atomic E-state index is 0.442. The smallest absolute Gasteiger partial charge is 0.216 e. The van der Waals surface area contributed by atoms with E-state index in [1.54, 1.807) is 18.0 Å². The number of ether oxygens (including phenoxy) is 1. The lowest BCUT2D eigenvalue weighted by molar-refractivity contribution is 0.414. The summed E-state index contributed by atoms with van der Waals surface area (Å²) in [6.07, 6.45) is 5.44. The molecule has 1 aromatic heterocycles. The van der Waals surface area contributed by atoms with Crippen LogP contribution in [0, 0.1) is 11.7 Å². The van der Waals surface area contributed by atoms with E-state index in [9.17, 15) is 0 Å². The van der Waals surface area contributed by atoms with Gasteiger partial charge >= 0.3 is 0 Å². The van der Waals surface area contributed by atoms with Crippen molar-refractivity contribution in [3.8, 4) is 17.1 Å². The molecule has 3 aromatic rings. The number of rotatable bonds is 5. The van der Waals surface area contributed by atoms with Crippen molar-refractivity contribution in [2.24, 2.45) is 5.10 Å². The average molecular weight is 350 g/mol. The van der Waals surface area contributed by atoms with Crippen LogP contribution in [0.15, 0.2) is 59.7 Å². The highest BCUT2D eigenvalue weighted by Crippen LogP contribution is 2.19. The lowest BCUT2D eigenvalue weighted by Gasteiger charge is -2.02. The molecule has 0 aliphatic carbocycles. The summed E-state index contributed by atoms with van der Waals surface area (Å²) >= 11 is 5.27.